The maximum absolute atomic E-state index is 3.86. The van der Waals surface area contributed by atoms with Crippen LogP contribution in [-0.4, -0.2) is 36.6 Å². The molecular formula is C18H38N2. The third kappa shape index (κ3) is 7.64. The van der Waals surface area contributed by atoms with Crippen LogP contribution >= 0.6 is 0 Å². The van der Waals surface area contributed by atoms with E-state index in [0.29, 0.717) is 0 Å². The van der Waals surface area contributed by atoms with Gasteiger partial charge in [-0.15, -0.1) is 0 Å². The molecule has 2 heteroatoms. The van der Waals surface area contributed by atoms with Gasteiger partial charge in [0.2, 0.25) is 0 Å². The molecule has 2 nitrogen and oxygen atoms in total. The highest BCUT2D eigenvalue weighted by atomic mass is 15.1. The van der Waals surface area contributed by atoms with E-state index in [1.165, 1.54) is 83.8 Å². The average molecular weight is 283 g/mol. The molecule has 0 aliphatic heterocycles. The summed E-state index contributed by atoms with van der Waals surface area (Å²) in [6, 6.07) is 1.74. The van der Waals surface area contributed by atoms with E-state index in [2.05, 4.69) is 31.0 Å². The normalized spacial score (nSPS) is 21.6. The van der Waals surface area contributed by atoms with Gasteiger partial charge in [-0.1, -0.05) is 59.3 Å². The Morgan fingerprint density at radius 2 is 1.00 bits per heavy atom. The molecule has 1 N–H and O–H groups in total. The van der Waals surface area contributed by atoms with Gasteiger partial charge in [-0.2, -0.15) is 0 Å². The first-order valence-electron chi connectivity index (χ1n) is 9.28. The standard InChI is InChI=1S/C12H23N.C6H15N/c1-3-7-11(8-4-1)13-12-9-5-2-6-10-12;1-4-7(5-2)6-3/h11-13H,1-10H2;4-6H2,1-3H3. The summed E-state index contributed by atoms with van der Waals surface area (Å²) in [5, 5.41) is 3.86. The van der Waals surface area contributed by atoms with Crippen molar-refractivity contribution in [3.8, 4) is 0 Å². The Balaban J connectivity index is 0.000000246. The van der Waals surface area contributed by atoms with Crippen LogP contribution in [0.2, 0.25) is 0 Å². The molecule has 2 fully saturated rings. The molecule has 0 saturated heterocycles. The molecule has 2 rings (SSSR count). The monoisotopic (exact) mass is 282 g/mol. The van der Waals surface area contributed by atoms with Crippen molar-refractivity contribution in [1.29, 1.82) is 0 Å². The van der Waals surface area contributed by atoms with Gasteiger partial charge >= 0.3 is 0 Å². The third-order valence-corrected chi connectivity index (χ3v) is 5.02. The SMILES string of the molecule is C1CCC(NC2CCCCC2)CC1.CCN(CC)CC. The van der Waals surface area contributed by atoms with E-state index in [4.69, 9.17) is 0 Å². The first kappa shape index (κ1) is 18.0. The number of nitrogens with zero attached hydrogens (tertiary/aromatic N) is 1. The predicted octanol–water partition coefficient (Wildman–Crippen LogP) is 4.59. The predicted molar refractivity (Wildman–Crippen MR) is 90.3 cm³/mol. The van der Waals surface area contributed by atoms with Crippen molar-refractivity contribution >= 4 is 0 Å². The van der Waals surface area contributed by atoms with Crippen LogP contribution < -0.4 is 5.32 Å². The minimum atomic E-state index is 0.872. The molecule has 0 heterocycles. The molecule has 2 saturated carbocycles. The Morgan fingerprint density at radius 1 is 0.650 bits per heavy atom. The van der Waals surface area contributed by atoms with Crippen molar-refractivity contribution in [3.05, 3.63) is 0 Å². The maximum Gasteiger partial charge on any atom is 0.00696 e. The lowest BCUT2D eigenvalue weighted by molar-refractivity contribution is 0.291. The lowest BCUT2D eigenvalue weighted by Gasteiger charge is -2.30. The maximum atomic E-state index is 3.86. The molecular weight excluding hydrogens is 244 g/mol. The van der Waals surface area contributed by atoms with Crippen LogP contribution in [-0.2, 0) is 0 Å². The average Bonchev–Trinajstić information content (AvgIpc) is 2.52. The van der Waals surface area contributed by atoms with E-state index in [0.717, 1.165) is 12.1 Å². The smallest absolute Gasteiger partial charge is 0.00696 e. The Hall–Kier alpha value is -0.0800. The minimum absolute atomic E-state index is 0.872. The second-order valence-corrected chi connectivity index (χ2v) is 6.46. The van der Waals surface area contributed by atoms with Gasteiger partial charge in [0, 0.05) is 12.1 Å². The molecule has 0 amide bonds. The van der Waals surface area contributed by atoms with Gasteiger partial charge in [-0.3, -0.25) is 0 Å². The Labute approximate surface area is 127 Å². The fourth-order valence-corrected chi connectivity index (χ4v) is 3.54. The van der Waals surface area contributed by atoms with E-state index in [1.54, 1.807) is 0 Å². The quantitative estimate of drug-likeness (QED) is 0.793. The van der Waals surface area contributed by atoms with Gasteiger partial charge in [0.15, 0.2) is 0 Å². The van der Waals surface area contributed by atoms with E-state index in [-0.39, 0.29) is 0 Å². The van der Waals surface area contributed by atoms with Crippen molar-refractivity contribution in [3.63, 3.8) is 0 Å². The second-order valence-electron chi connectivity index (χ2n) is 6.46. The molecule has 0 aromatic heterocycles. The second kappa shape index (κ2) is 11.6. The highest BCUT2D eigenvalue weighted by Crippen LogP contribution is 2.22. The number of rotatable bonds is 5. The molecule has 0 spiro atoms. The van der Waals surface area contributed by atoms with Crippen LogP contribution in [0.1, 0.15) is 85.0 Å². The topological polar surface area (TPSA) is 15.3 Å². The summed E-state index contributed by atoms with van der Waals surface area (Å²) in [4.78, 5) is 2.38. The zero-order chi connectivity index (χ0) is 14.6. The number of hydrogen-bond acceptors (Lipinski definition) is 2. The minimum Gasteiger partial charge on any atom is -0.311 e. The summed E-state index contributed by atoms with van der Waals surface area (Å²) in [5.41, 5.74) is 0. The van der Waals surface area contributed by atoms with Gasteiger partial charge in [0.05, 0.1) is 0 Å². The zero-order valence-corrected chi connectivity index (χ0v) is 14.3. The van der Waals surface area contributed by atoms with Crippen molar-refractivity contribution < 1.29 is 0 Å². The van der Waals surface area contributed by atoms with Crippen LogP contribution in [0.5, 0.6) is 0 Å². The third-order valence-electron chi connectivity index (χ3n) is 5.02. The van der Waals surface area contributed by atoms with Crippen LogP contribution in [0, 0.1) is 0 Å². The first-order valence-corrected chi connectivity index (χ1v) is 9.28. The van der Waals surface area contributed by atoms with Crippen molar-refractivity contribution in [1.82, 2.24) is 10.2 Å². The van der Waals surface area contributed by atoms with Crippen LogP contribution in [0.3, 0.4) is 0 Å². The first-order chi connectivity index (χ1) is 9.80. The highest BCUT2D eigenvalue weighted by molar-refractivity contribution is 4.79. The Morgan fingerprint density at radius 3 is 1.25 bits per heavy atom. The van der Waals surface area contributed by atoms with E-state index in [1.807, 2.05) is 0 Å². The van der Waals surface area contributed by atoms with Gasteiger partial charge in [0.1, 0.15) is 0 Å². The highest BCUT2D eigenvalue weighted by Gasteiger charge is 2.19. The summed E-state index contributed by atoms with van der Waals surface area (Å²) in [6.45, 7) is 10.1. The molecule has 0 bridgehead atoms. The summed E-state index contributed by atoms with van der Waals surface area (Å²) < 4.78 is 0. The summed E-state index contributed by atoms with van der Waals surface area (Å²) in [7, 11) is 0. The van der Waals surface area contributed by atoms with Crippen molar-refractivity contribution in [2.24, 2.45) is 0 Å². The van der Waals surface area contributed by atoms with Crippen molar-refractivity contribution in [2.45, 2.75) is 97.1 Å². The van der Waals surface area contributed by atoms with Gasteiger partial charge in [-0.25, -0.2) is 0 Å². The summed E-state index contributed by atoms with van der Waals surface area (Å²) in [5.74, 6) is 0. The molecule has 120 valence electrons. The Kier molecular flexibility index (Phi) is 10.4. The molecule has 0 unspecified atom stereocenters. The van der Waals surface area contributed by atoms with Gasteiger partial charge < -0.3 is 10.2 Å². The van der Waals surface area contributed by atoms with E-state index in [9.17, 15) is 0 Å². The number of hydrogen-bond donors (Lipinski definition) is 1. The molecule has 20 heavy (non-hydrogen) atoms. The fourth-order valence-electron chi connectivity index (χ4n) is 3.54. The Bertz CT molecular complexity index is 180. The molecule has 2 aliphatic carbocycles. The zero-order valence-electron chi connectivity index (χ0n) is 14.3. The van der Waals surface area contributed by atoms with Crippen LogP contribution in [0.25, 0.3) is 0 Å². The lowest BCUT2D eigenvalue weighted by Crippen LogP contribution is -2.40. The molecule has 0 radical (unpaired) electrons. The molecule has 0 aromatic rings. The van der Waals surface area contributed by atoms with Crippen LogP contribution in [0.4, 0.5) is 0 Å². The van der Waals surface area contributed by atoms with E-state index < -0.39 is 0 Å². The summed E-state index contributed by atoms with van der Waals surface area (Å²) >= 11 is 0. The number of nitrogens with one attached hydrogen (secondary N) is 1. The van der Waals surface area contributed by atoms with Crippen LogP contribution in [0.15, 0.2) is 0 Å². The lowest BCUT2D eigenvalue weighted by atomic mass is 9.91. The van der Waals surface area contributed by atoms with Crippen molar-refractivity contribution in [2.75, 3.05) is 19.6 Å². The van der Waals surface area contributed by atoms with E-state index >= 15 is 0 Å². The van der Waals surface area contributed by atoms with Gasteiger partial charge in [0.25, 0.3) is 0 Å². The largest absolute Gasteiger partial charge is 0.311 e. The fraction of sp³-hybridized carbons (Fsp3) is 1.00. The molecule has 0 aromatic carbocycles. The summed E-state index contributed by atoms with van der Waals surface area (Å²) in [6.07, 6.45) is 14.6. The molecule has 2 aliphatic rings. The van der Waals surface area contributed by atoms with Gasteiger partial charge in [-0.05, 0) is 45.3 Å². The molecule has 0 atom stereocenters.